The summed E-state index contributed by atoms with van der Waals surface area (Å²) in [6.45, 7) is -0.900. The van der Waals surface area contributed by atoms with Gasteiger partial charge in [0.05, 0.1) is 33.2 Å². The monoisotopic (exact) mass is 481 g/mol. The molecule has 0 saturated carbocycles. The first kappa shape index (κ1) is 22.3. The third-order valence-corrected chi connectivity index (χ3v) is 5.04. The number of anilines is 1. The van der Waals surface area contributed by atoms with Crippen molar-refractivity contribution in [3.63, 3.8) is 0 Å². The third kappa shape index (κ3) is 4.69. The van der Waals surface area contributed by atoms with Gasteiger partial charge in [0.1, 0.15) is 6.61 Å². The molecule has 1 aromatic carbocycles. The summed E-state index contributed by atoms with van der Waals surface area (Å²) in [6, 6.07) is 7.07. The van der Waals surface area contributed by atoms with Crippen LogP contribution in [0.5, 0.6) is 0 Å². The number of carbonyl (C=O) groups excluding carboxylic acids is 1. The second kappa shape index (κ2) is 8.06. The van der Waals surface area contributed by atoms with Crippen molar-refractivity contribution in [1.29, 1.82) is 0 Å². The van der Waals surface area contributed by atoms with E-state index < -0.39 is 40.2 Å². The molecule has 0 fully saturated rings. The Hall–Kier alpha value is -2.34. The van der Waals surface area contributed by atoms with Gasteiger partial charge >= 0.3 is 6.18 Å². The Morgan fingerprint density at radius 3 is 2.40 bits per heavy atom. The van der Waals surface area contributed by atoms with Crippen LogP contribution in [0, 0.1) is 0 Å². The van der Waals surface area contributed by atoms with Gasteiger partial charge in [-0.25, -0.2) is 4.98 Å². The molecule has 0 spiro atoms. The van der Waals surface area contributed by atoms with E-state index in [4.69, 9.17) is 23.2 Å². The minimum atomic E-state index is -4.89. The Morgan fingerprint density at radius 2 is 1.83 bits per heavy atom. The Balaban J connectivity index is 2.09. The number of benzene rings is 1. The Labute approximate surface area is 178 Å². The molecule has 3 rings (SSSR count). The molecule has 0 saturated heterocycles. The van der Waals surface area contributed by atoms with E-state index in [1.54, 1.807) is 0 Å². The van der Waals surface area contributed by atoms with Gasteiger partial charge in [-0.05, 0) is 24.3 Å². The van der Waals surface area contributed by atoms with Gasteiger partial charge in [-0.2, -0.15) is 21.6 Å². The fourth-order valence-corrected chi connectivity index (χ4v) is 3.54. The predicted octanol–water partition coefficient (Wildman–Crippen LogP) is 4.39. The number of hydrogen-bond acceptors (Lipinski definition) is 5. The zero-order valence-corrected chi connectivity index (χ0v) is 17.3. The Bertz CT molecular complexity index is 1220. The fraction of sp³-hybridized carbons (Fsp3) is 0.176. The van der Waals surface area contributed by atoms with E-state index in [2.05, 4.69) is 14.5 Å². The maximum atomic E-state index is 13.5. The molecule has 160 valence electrons. The molecule has 0 unspecified atom stereocenters. The van der Waals surface area contributed by atoms with Crippen LogP contribution in [-0.4, -0.2) is 30.0 Å². The number of pyridine rings is 1. The van der Waals surface area contributed by atoms with E-state index in [0.717, 1.165) is 4.40 Å². The number of rotatable bonds is 5. The lowest BCUT2D eigenvalue weighted by atomic mass is 10.2. The molecule has 1 amide bonds. The largest absolute Gasteiger partial charge is 0.435 e. The second-order valence-corrected chi connectivity index (χ2v) is 8.50. The number of fused-ring (bicyclic) bond motifs is 1. The summed E-state index contributed by atoms with van der Waals surface area (Å²) in [7, 11) is -4.01. The van der Waals surface area contributed by atoms with Crippen LogP contribution in [0.2, 0.25) is 10.0 Å². The molecule has 3 aromatic rings. The van der Waals surface area contributed by atoms with Crippen LogP contribution in [0.3, 0.4) is 0 Å². The molecule has 1 N–H and O–H groups in total. The summed E-state index contributed by atoms with van der Waals surface area (Å²) in [5, 5.41) is 2.53. The van der Waals surface area contributed by atoms with Gasteiger partial charge in [-0.15, -0.1) is 0 Å². The Morgan fingerprint density at radius 1 is 1.20 bits per heavy atom. The zero-order chi connectivity index (χ0) is 22.3. The van der Waals surface area contributed by atoms with Crippen molar-refractivity contribution in [3.05, 3.63) is 63.5 Å². The molecule has 0 aliphatic rings. The number of carbonyl (C=O) groups is 1. The van der Waals surface area contributed by atoms with Gasteiger partial charge in [-0.3, -0.25) is 13.4 Å². The number of nitrogens with one attached hydrogen (secondary N) is 1. The SMILES string of the molecule is CS(=O)(=O)OCc1c(C(F)(F)F)nc2c(NC(=O)c3c(Cl)cccc3Cl)cccn12. The lowest BCUT2D eigenvalue weighted by Crippen LogP contribution is -2.14. The van der Waals surface area contributed by atoms with E-state index in [-0.39, 0.29) is 26.9 Å². The second-order valence-electron chi connectivity index (χ2n) is 6.04. The average molecular weight is 482 g/mol. The van der Waals surface area contributed by atoms with Crippen molar-refractivity contribution in [2.45, 2.75) is 12.8 Å². The highest BCUT2D eigenvalue weighted by Crippen LogP contribution is 2.34. The van der Waals surface area contributed by atoms with Crippen molar-refractivity contribution in [3.8, 4) is 0 Å². The molecular weight excluding hydrogens is 470 g/mol. The number of aromatic nitrogens is 2. The van der Waals surface area contributed by atoms with Crippen LogP contribution in [0.1, 0.15) is 21.7 Å². The molecule has 2 aromatic heterocycles. The number of alkyl halides is 3. The highest BCUT2D eigenvalue weighted by atomic mass is 35.5. The fourth-order valence-electron chi connectivity index (χ4n) is 2.64. The number of hydrogen-bond donors (Lipinski definition) is 1. The minimum Gasteiger partial charge on any atom is -0.319 e. The summed E-state index contributed by atoms with van der Waals surface area (Å²) in [5.74, 6) is -0.760. The third-order valence-electron chi connectivity index (χ3n) is 3.87. The van der Waals surface area contributed by atoms with Crippen LogP contribution >= 0.6 is 23.2 Å². The minimum absolute atomic E-state index is 0.0496. The summed E-state index contributed by atoms with van der Waals surface area (Å²) in [4.78, 5) is 16.2. The van der Waals surface area contributed by atoms with Gasteiger partial charge in [0, 0.05) is 6.20 Å². The van der Waals surface area contributed by atoms with E-state index >= 15 is 0 Å². The van der Waals surface area contributed by atoms with Gasteiger partial charge in [-0.1, -0.05) is 29.3 Å². The number of nitrogens with zero attached hydrogens (tertiary/aromatic N) is 2. The first-order valence-electron chi connectivity index (χ1n) is 8.05. The summed E-state index contributed by atoms with van der Waals surface area (Å²) in [5.41, 5.74) is -2.30. The molecule has 2 heterocycles. The molecule has 13 heteroatoms. The molecule has 0 aliphatic heterocycles. The van der Waals surface area contributed by atoms with Gasteiger partial charge in [0.2, 0.25) is 0 Å². The van der Waals surface area contributed by atoms with Crippen LogP contribution in [-0.2, 0) is 27.1 Å². The summed E-state index contributed by atoms with van der Waals surface area (Å²) >= 11 is 12.0. The van der Waals surface area contributed by atoms with Crippen molar-refractivity contribution < 1.29 is 30.6 Å². The van der Waals surface area contributed by atoms with E-state index in [1.165, 1.54) is 36.5 Å². The summed E-state index contributed by atoms with van der Waals surface area (Å²) in [6.07, 6.45) is -2.95. The zero-order valence-electron chi connectivity index (χ0n) is 15.0. The van der Waals surface area contributed by atoms with Crippen molar-refractivity contribution >= 4 is 50.6 Å². The van der Waals surface area contributed by atoms with Crippen molar-refractivity contribution in [1.82, 2.24) is 9.38 Å². The predicted molar refractivity (Wildman–Crippen MR) is 104 cm³/mol. The standard InChI is InChI=1S/C17H12Cl2F3N3O4S/c1-30(27,28)29-8-12-14(17(20,21)22)24-15-11(6-3-7-25(12)15)23-16(26)13-9(18)4-2-5-10(13)19/h2-7H,8H2,1H3,(H,23,26). The first-order valence-corrected chi connectivity index (χ1v) is 10.6. The quantitative estimate of drug-likeness (QED) is 0.545. The highest BCUT2D eigenvalue weighted by molar-refractivity contribution is 7.85. The van der Waals surface area contributed by atoms with E-state index in [0.29, 0.717) is 6.26 Å². The van der Waals surface area contributed by atoms with E-state index in [9.17, 15) is 26.4 Å². The van der Waals surface area contributed by atoms with Crippen molar-refractivity contribution in [2.75, 3.05) is 11.6 Å². The van der Waals surface area contributed by atoms with Gasteiger partial charge in [0.15, 0.2) is 11.3 Å². The van der Waals surface area contributed by atoms with Crippen LogP contribution in [0.25, 0.3) is 5.65 Å². The number of halogens is 5. The molecule has 0 atom stereocenters. The van der Waals surface area contributed by atoms with Crippen molar-refractivity contribution in [2.24, 2.45) is 0 Å². The molecule has 7 nitrogen and oxygen atoms in total. The highest BCUT2D eigenvalue weighted by Gasteiger charge is 2.38. The van der Waals surface area contributed by atoms with Crippen LogP contribution < -0.4 is 5.32 Å². The average Bonchev–Trinajstić information content (AvgIpc) is 2.99. The number of imidazole rings is 1. The topological polar surface area (TPSA) is 89.8 Å². The molecule has 0 aliphatic carbocycles. The summed E-state index contributed by atoms with van der Waals surface area (Å²) < 4.78 is 68.4. The lowest BCUT2D eigenvalue weighted by molar-refractivity contribution is -0.141. The molecule has 0 radical (unpaired) electrons. The maximum absolute atomic E-state index is 13.5. The smallest absolute Gasteiger partial charge is 0.319 e. The van der Waals surface area contributed by atoms with Crippen LogP contribution in [0.15, 0.2) is 36.5 Å². The normalized spacial score (nSPS) is 12.3. The van der Waals surface area contributed by atoms with Gasteiger partial charge < -0.3 is 5.32 Å². The van der Waals surface area contributed by atoms with Crippen LogP contribution in [0.4, 0.5) is 18.9 Å². The first-order chi connectivity index (χ1) is 13.9. The van der Waals surface area contributed by atoms with Gasteiger partial charge in [0.25, 0.3) is 16.0 Å². The van der Waals surface area contributed by atoms with E-state index in [1.807, 2.05) is 0 Å². The Kier molecular flexibility index (Phi) is 6.01. The molecular formula is C17H12Cl2F3N3O4S. The number of amides is 1. The maximum Gasteiger partial charge on any atom is 0.435 e. The lowest BCUT2D eigenvalue weighted by Gasteiger charge is -2.10. The molecule has 0 bridgehead atoms. The molecule has 30 heavy (non-hydrogen) atoms.